The topological polar surface area (TPSA) is 254 Å². The SMILES string of the molecule is CC(C)(C)OC(=O)NC(Cc1c[nH]c2ccccc12)c1ncc(-c2ccc(N)cc2)[nH]1.CC(N)=Nc1ccc(-c2cnc(C(Cc3c[nH]c4ccccc34)NC(=O)OC(C)(C)C)[nH]2)cc1.CSC(C)=N.I.I. The van der Waals surface area contributed by atoms with Crippen molar-refractivity contribution in [2.75, 3.05) is 12.0 Å². The molecule has 0 spiro atoms. The predicted octanol–water partition coefficient (Wildman–Crippen LogP) is 12.9. The van der Waals surface area contributed by atoms with Crippen LogP contribution in [0.5, 0.6) is 0 Å². The number of aromatic amines is 4. The number of carbonyl (C=O) groups excluding carboxylic acids is 2. The highest BCUT2D eigenvalue weighted by Gasteiger charge is 2.26. The Bertz CT molecular complexity index is 3030. The first-order chi connectivity index (χ1) is 33.2. The van der Waals surface area contributed by atoms with E-state index < -0.39 is 35.5 Å². The third kappa shape index (κ3) is 17.5. The van der Waals surface area contributed by atoms with Gasteiger partial charge < -0.3 is 51.5 Å². The lowest BCUT2D eigenvalue weighted by atomic mass is 10.0. The van der Waals surface area contributed by atoms with Crippen LogP contribution in [-0.4, -0.2) is 70.4 Å². The fourth-order valence-electron chi connectivity index (χ4n) is 7.28. The molecule has 8 rings (SSSR count). The summed E-state index contributed by atoms with van der Waals surface area (Å²) < 4.78 is 11.0. The number of ether oxygens (including phenoxy) is 2. The summed E-state index contributed by atoms with van der Waals surface area (Å²) in [5, 5.41) is 15.6. The van der Waals surface area contributed by atoms with Gasteiger partial charge in [0.05, 0.1) is 52.4 Å². The lowest BCUT2D eigenvalue weighted by Gasteiger charge is -2.23. The van der Waals surface area contributed by atoms with E-state index >= 15 is 0 Å². The molecular weight excluding hydrogens is 1150 g/mol. The molecule has 0 radical (unpaired) electrons. The van der Waals surface area contributed by atoms with Gasteiger partial charge in [0.15, 0.2) is 0 Å². The number of thioether (sulfide) groups is 1. The summed E-state index contributed by atoms with van der Waals surface area (Å²) in [6, 6.07) is 30.6. The highest BCUT2D eigenvalue weighted by molar-refractivity contribution is 14.0. The number of aliphatic imine (C=N–C) groups is 1. The summed E-state index contributed by atoms with van der Waals surface area (Å²) in [6.07, 6.45) is 9.48. The first kappa shape index (κ1) is 58.2. The van der Waals surface area contributed by atoms with Gasteiger partial charge in [-0.2, -0.15) is 0 Å². The van der Waals surface area contributed by atoms with Gasteiger partial charge in [-0.25, -0.2) is 24.5 Å². The van der Waals surface area contributed by atoms with Crippen molar-refractivity contribution in [1.82, 2.24) is 40.5 Å². The second-order valence-corrected chi connectivity index (χ2v) is 19.6. The number of para-hydroxylation sites is 2. The lowest BCUT2D eigenvalue weighted by Crippen LogP contribution is -2.36. The number of H-pyrrole nitrogens is 4. The van der Waals surface area contributed by atoms with Crippen molar-refractivity contribution in [3.63, 3.8) is 0 Å². The van der Waals surface area contributed by atoms with Gasteiger partial charge in [0, 0.05) is 52.7 Å². The third-order valence-electron chi connectivity index (χ3n) is 10.4. The summed E-state index contributed by atoms with van der Waals surface area (Å²) in [7, 11) is 0. The van der Waals surface area contributed by atoms with E-state index in [9.17, 15) is 9.59 Å². The minimum absolute atomic E-state index is 0. The molecular formula is C53H66I2N12O4S. The molecule has 0 bridgehead atoms. The van der Waals surface area contributed by atoms with Crippen molar-refractivity contribution in [3.8, 4) is 22.5 Å². The van der Waals surface area contributed by atoms with Gasteiger partial charge in [-0.1, -0.05) is 60.7 Å². The number of anilines is 1. The van der Waals surface area contributed by atoms with Crippen LogP contribution >= 0.6 is 59.7 Å². The second-order valence-electron chi connectivity index (χ2n) is 18.6. The average molecular weight is 1220 g/mol. The molecule has 382 valence electrons. The van der Waals surface area contributed by atoms with E-state index in [0.717, 1.165) is 61.1 Å². The molecule has 4 aromatic carbocycles. The normalized spacial score (nSPS) is 12.2. The van der Waals surface area contributed by atoms with Crippen molar-refractivity contribution >= 4 is 116 Å². The van der Waals surface area contributed by atoms with Gasteiger partial charge in [-0.05, 0) is 120 Å². The van der Waals surface area contributed by atoms with E-state index in [-0.39, 0.29) is 48.0 Å². The molecule has 4 aromatic heterocycles. The number of halogens is 2. The standard InChI is InChI=1S/C26H30N6O2.C24H27N5O2.C3H7NS.2HI/c1-16(27)30-19-11-9-17(10-12-19)23-15-29-24(31-23)22(32-25(33)34-26(2,3)4)13-18-14-28-21-8-6-5-7-20(18)21;1-24(2,3)31-23(30)29-20(12-16-13-26-19-7-5-4-6-18(16)19)22-27-14-21(28-22)15-8-10-17(25)11-9-15;1-3(4)5-2;;/h5-12,14-15,22,28H,13H2,1-4H3,(H2,27,30)(H,29,31)(H,32,33);4-11,13-14,20,26H,12,25H2,1-3H3,(H,27,28)(H,29,30);4H,1-2H3;2*1H. The quantitative estimate of drug-likeness (QED) is 0.0258. The number of nitrogens with two attached hydrogens (primary N) is 2. The van der Waals surface area contributed by atoms with E-state index in [1.807, 2.05) is 145 Å². The second kappa shape index (κ2) is 26.4. The number of fused-ring (bicyclic) bond motifs is 2. The van der Waals surface area contributed by atoms with Gasteiger partial charge in [0.1, 0.15) is 22.9 Å². The van der Waals surface area contributed by atoms with Crippen LogP contribution < -0.4 is 22.1 Å². The molecule has 72 heavy (non-hydrogen) atoms. The molecule has 2 amide bonds. The van der Waals surface area contributed by atoms with Crippen molar-refractivity contribution in [2.24, 2.45) is 10.7 Å². The first-order valence-corrected chi connectivity index (χ1v) is 24.0. The number of carbonyl (C=O) groups is 2. The largest absolute Gasteiger partial charge is 0.444 e. The maximum absolute atomic E-state index is 12.6. The van der Waals surface area contributed by atoms with E-state index in [2.05, 4.69) is 57.7 Å². The highest BCUT2D eigenvalue weighted by atomic mass is 127. The third-order valence-corrected chi connectivity index (χ3v) is 11.1. The Morgan fingerprint density at radius 2 is 1.07 bits per heavy atom. The molecule has 0 saturated carbocycles. The average Bonchev–Trinajstić information content (AvgIpc) is 4.13. The molecule has 0 aliphatic carbocycles. The van der Waals surface area contributed by atoms with Crippen LogP contribution in [0.2, 0.25) is 0 Å². The minimum Gasteiger partial charge on any atom is -0.444 e. The Balaban J connectivity index is 0.000000279. The molecule has 0 aliphatic rings. The number of benzene rings is 4. The molecule has 19 heteroatoms. The molecule has 16 nitrogen and oxygen atoms in total. The summed E-state index contributed by atoms with van der Waals surface area (Å²) in [5.74, 6) is 1.80. The fourth-order valence-corrected chi connectivity index (χ4v) is 7.28. The molecule has 0 fully saturated rings. The Hall–Kier alpha value is -6.33. The summed E-state index contributed by atoms with van der Waals surface area (Å²) in [4.78, 5) is 51.9. The number of imidazole rings is 2. The summed E-state index contributed by atoms with van der Waals surface area (Å²) >= 11 is 1.46. The van der Waals surface area contributed by atoms with Gasteiger partial charge in [-0.3, -0.25) is 5.41 Å². The first-order valence-electron chi connectivity index (χ1n) is 22.8. The highest BCUT2D eigenvalue weighted by Crippen LogP contribution is 2.29. The Morgan fingerprint density at radius 1 is 0.681 bits per heavy atom. The van der Waals surface area contributed by atoms with E-state index in [1.54, 1.807) is 26.2 Å². The van der Waals surface area contributed by atoms with Crippen molar-refractivity contribution in [2.45, 2.75) is 91.5 Å². The smallest absolute Gasteiger partial charge is 0.408 e. The number of amides is 2. The van der Waals surface area contributed by atoms with Crippen LogP contribution in [-0.2, 0) is 22.3 Å². The lowest BCUT2D eigenvalue weighted by molar-refractivity contribution is 0.0489. The van der Waals surface area contributed by atoms with Gasteiger partial charge in [0.2, 0.25) is 0 Å². The number of aromatic nitrogens is 6. The zero-order valence-corrected chi connectivity index (χ0v) is 47.4. The molecule has 4 heterocycles. The fraction of sp³-hybridized carbons (Fsp3) is 0.283. The van der Waals surface area contributed by atoms with E-state index in [4.69, 9.17) is 26.4 Å². The molecule has 0 saturated heterocycles. The zero-order chi connectivity index (χ0) is 50.6. The number of alkyl carbamates (subject to hydrolysis) is 2. The number of nitrogens with one attached hydrogen (secondary N) is 7. The van der Waals surface area contributed by atoms with Crippen LogP contribution in [0.4, 0.5) is 21.0 Å². The molecule has 0 aliphatic heterocycles. The number of nitrogens with zero attached hydrogens (tertiary/aromatic N) is 3. The van der Waals surface area contributed by atoms with Crippen molar-refractivity contribution in [1.29, 1.82) is 5.41 Å². The number of nitrogen functional groups attached to an aromatic ring is 1. The summed E-state index contributed by atoms with van der Waals surface area (Å²) in [6.45, 7) is 14.6. The monoisotopic (exact) mass is 1220 g/mol. The molecule has 8 aromatic rings. The molecule has 11 N–H and O–H groups in total. The Kier molecular flexibility index (Phi) is 21.3. The van der Waals surface area contributed by atoms with Crippen molar-refractivity contribution < 1.29 is 19.1 Å². The number of rotatable bonds is 11. The number of amidine groups is 1. The van der Waals surface area contributed by atoms with Gasteiger partial charge in [0.25, 0.3) is 0 Å². The van der Waals surface area contributed by atoms with Crippen molar-refractivity contribution in [3.05, 3.63) is 145 Å². The number of hydrogen-bond donors (Lipinski definition) is 9. The Morgan fingerprint density at radius 3 is 1.44 bits per heavy atom. The van der Waals surface area contributed by atoms with Crippen LogP contribution in [0.1, 0.15) is 90.2 Å². The predicted molar refractivity (Wildman–Crippen MR) is 315 cm³/mol. The van der Waals surface area contributed by atoms with Gasteiger partial charge >= 0.3 is 12.2 Å². The van der Waals surface area contributed by atoms with Crippen LogP contribution in [0.25, 0.3) is 44.3 Å². The van der Waals surface area contributed by atoms with Crippen LogP contribution in [0.15, 0.2) is 127 Å². The molecule has 2 unspecified atom stereocenters. The minimum atomic E-state index is -0.601. The van der Waals surface area contributed by atoms with E-state index in [0.29, 0.717) is 41.1 Å². The van der Waals surface area contributed by atoms with Crippen LogP contribution in [0.3, 0.4) is 0 Å². The van der Waals surface area contributed by atoms with Gasteiger partial charge in [-0.15, -0.1) is 59.7 Å². The molecule has 2 atom stereocenters. The van der Waals surface area contributed by atoms with E-state index in [1.165, 1.54) is 11.8 Å². The zero-order valence-electron chi connectivity index (χ0n) is 42.0. The maximum Gasteiger partial charge on any atom is 0.408 e. The summed E-state index contributed by atoms with van der Waals surface area (Å²) in [5.41, 5.74) is 19.6. The number of hydrogen-bond acceptors (Lipinski definition) is 10. The maximum atomic E-state index is 12.6. The van der Waals surface area contributed by atoms with Crippen LogP contribution in [0, 0.1) is 5.41 Å². The Labute approximate surface area is 459 Å².